The highest BCUT2D eigenvalue weighted by molar-refractivity contribution is 7.85. The predicted molar refractivity (Wildman–Crippen MR) is 162 cm³/mol. The summed E-state index contributed by atoms with van der Waals surface area (Å²) in [7, 11) is -3.07. The maximum atomic E-state index is 14.8. The van der Waals surface area contributed by atoms with E-state index >= 15 is 0 Å². The molecule has 0 aliphatic carbocycles. The van der Waals surface area contributed by atoms with Gasteiger partial charge in [-0.05, 0) is 44.5 Å². The fourth-order valence-electron chi connectivity index (χ4n) is 5.62. The molecule has 0 fully saturated rings. The summed E-state index contributed by atoms with van der Waals surface area (Å²) in [6.07, 6.45) is 1.80. The van der Waals surface area contributed by atoms with Crippen molar-refractivity contribution < 1.29 is 4.57 Å². The molecule has 6 aromatic carbocycles. The lowest BCUT2D eigenvalue weighted by Crippen LogP contribution is -2.25. The fourth-order valence-corrected chi connectivity index (χ4v) is 8.21. The first-order chi connectivity index (χ1) is 18.7. The first kappa shape index (κ1) is 22.7. The molecule has 1 heterocycles. The quantitative estimate of drug-likeness (QED) is 0.180. The Morgan fingerprint density at radius 1 is 0.421 bits per heavy atom. The average Bonchev–Trinajstić information content (AvgIpc) is 3.01. The lowest BCUT2D eigenvalue weighted by Gasteiger charge is -2.20. The van der Waals surface area contributed by atoms with Crippen LogP contribution in [0.4, 0.5) is 0 Å². The summed E-state index contributed by atoms with van der Waals surface area (Å²) in [5, 5.41) is 9.68. The normalized spacial score (nSPS) is 11.8. The van der Waals surface area contributed by atoms with Gasteiger partial charge in [-0.1, -0.05) is 127 Å². The summed E-state index contributed by atoms with van der Waals surface area (Å²) < 4.78 is 14.8. The standard InChI is InChI=1S/C35H24NOP/c37-38(25-12-3-1-4-13-25,26-14-5-2-6-15-26)27-22-23-34(36-24-27)33-21-11-20-32-30-17-8-7-16-28(30)29-18-9-10-19-31(29)35(32)33/h1-24H. The molecule has 38 heavy (non-hydrogen) atoms. The van der Waals surface area contributed by atoms with E-state index < -0.39 is 7.14 Å². The highest BCUT2D eigenvalue weighted by Gasteiger charge is 2.30. The second-order valence-electron chi connectivity index (χ2n) is 9.50. The van der Waals surface area contributed by atoms with E-state index in [0.29, 0.717) is 0 Å². The van der Waals surface area contributed by atoms with E-state index in [4.69, 9.17) is 4.98 Å². The van der Waals surface area contributed by atoms with Gasteiger partial charge in [0.05, 0.1) is 5.69 Å². The zero-order valence-electron chi connectivity index (χ0n) is 20.7. The first-order valence-corrected chi connectivity index (χ1v) is 14.5. The second kappa shape index (κ2) is 9.10. The Bertz CT molecular complexity index is 1890. The van der Waals surface area contributed by atoms with Crippen molar-refractivity contribution >= 4 is 55.4 Å². The molecule has 0 amide bonds. The predicted octanol–water partition coefficient (Wildman–Crippen LogP) is 7.85. The lowest BCUT2D eigenvalue weighted by atomic mass is 9.91. The van der Waals surface area contributed by atoms with Crippen molar-refractivity contribution in [3.05, 3.63) is 146 Å². The number of aromatic nitrogens is 1. The molecule has 0 aliphatic heterocycles. The highest BCUT2D eigenvalue weighted by Crippen LogP contribution is 2.43. The van der Waals surface area contributed by atoms with Gasteiger partial charge in [-0.3, -0.25) is 4.98 Å². The van der Waals surface area contributed by atoms with Gasteiger partial charge in [0.2, 0.25) is 0 Å². The molecule has 3 heteroatoms. The van der Waals surface area contributed by atoms with Crippen LogP contribution in [0, 0.1) is 0 Å². The number of nitrogens with zero attached hydrogens (tertiary/aromatic N) is 1. The smallest absolute Gasteiger partial charge is 0.172 e. The number of pyridine rings is 1. The van der Waals surface area contributed by atoms with E-state index in [2.05, 4.69) is 66.7 Å². The molecule has 7 rings (SSSR count). The molecule has 0 saturated carbocycles. The Morgan fingerprint density at radius 2 is 0.895 bits per heavy atom. The molecule has 180 valence electrons. The molecule has 1 aromatic heterocycles. The zero-order valence-corrected chi connectivity index (χ0v) is 21.6. The molecule has 0 N–H and O–H groups in total. The van der Waals surface area contributed by atoms with Crippen LogP contribution in [-0.2, 0) is 4.57 Å². The third-order valence-corrected chi connectivity index (χ3v) is 10.4. The summed E-state index contributed by atoms with van der Waals surface area (Å²) in [6, 6.07) is 47.1. The van der Waals surface area contributed by atoms with E-state index in [9.17, 15) is 4.57 Å². The molecule has 0 aliphatic rings. The average molecular weight is 506 g/mol. The summed E-state index contributed by atoms with van der Waals surface area (Å²) in [6.45, 7) is 0. The molecule has 0 atom stereocenters. The topological polar surface area (TPSA) is 30.0 Å². The van der Waals surface area contributed by atoms with Crippen LogP contribution < -0.4 is 15.9 Å². The SMILES string of the molecule is O=P(c1ccccc1)(c1ccccc1)c1ccc(-c2cccc3c4ccccc4c4ccccc4c23)nc1. The largest absolute Gasteiger partial charge is 0.309 e. The Morgan fingerprint density at radius 3 is 1.42 bits per heavy atom. The van der Waals surface area contributed by atoms with Gasteiger partial charge in [-0.15, -0.1) is 0 Å². The monoisotopic (exact) mass is 505 g/mol. The molecule has 0 spiro atoms. The van der Waals surface area contributed by atoms with Gasteiger partial charge in [0.25, 0.3) is 0 Å². The van der Waals surface area contributed by atoms with E-state index in [0.717, 1.165) is 27.2 Å². The van der Waals surface area contributed by atoms with Gasteiger partial charge >= 0.3 is 0 Å². The van der Waals surface area contributed by atoms with Gasteiger partial charge in [-0.25, -0.2) is 0 Å². The van der Waals surface area contributed by atoms with Crippen LogP contribution in [0.1, 0.15) is 0 Å². The molecule has 0 unspecified atom stereocenters. The van der Waals surface area contributed by atoms with E-state index in [1.807, 2.05) is 72.8 Å². The minimum Gasteiger partial charge on any atom is -0.309 e. The van der Waals surface area contributed by atoms with Crippen molar-refractivity contribution in [3.63, 3.8) is 0 Å². The Kier molecular flexibility index (Phi) is 5.43. The Labute approximate surface area is 221 Å². The summed E-state index contributed by atoms with van der Waals surface area (Å²) in [4.78, 5) is 4.93. The highest BCUT2D eigenvalue weighted by atomic mass is 31.2. The number of fused-ring (bicyclic) bond motifs is 6. The molecular formula is C35H24NOP. The molecule has 7 aromatic rings. The van der Waals surface area contributed by atoms with Gasteiger partial charge in [0, 0.05) is 27.7 Å². The van der Waals surface area contributed by atoms with Crippen molar-refractivity contribution in [1.82, 2.24) is 4.98 Å². The molecule has 0 radical (unpaired) electrons. The summed E-state index contributed by atoms with van der Waals surface area (Å²) in [5.41, 5.74) is 1.94. The molecule has 0 saturated heterocycles. The van der Waals surface area contributed by atoms with Crippen LogP contribution >= 0.6 is 7.14 Å². The van der Waals surface area contributed by atoms with E-state index in [1.165, 1.54) is 32.3 Å². The minimum absolute atomic E-state index is 0.731. The first-order valence-electron chi connectivity index (χ1n) is 12.8. The van der Waals surface area contributed by atoms with Crippen LogP contribution in [0.25, 0.3) is 43.6 Å². The van der Waals surface area contributed by atoms with Crippen molar-refractivity contribution in [2.45, 2.75) is 0 Å². The molecule has 2 nitrogen and oxygen atoms in total. The number of rotatable bonds is 4. The number of hydrogen-bond acceptors (Lipinski definition) is 2. The maximum Gasteiger partial charge on any atom is 0.172 e. The van der Waals surface area contributed by atoms with Crippen molar-refractivity contribution in [3.8, 4) is 11.3 Å². The van der Waals surface area contributed by atoms with Crippen molar-refractivity contribution in [1.29, 1.82) is 0 Å². The maximum absolute atomic E-state index is 14.8. The zero-order chi connectivity index (χ0) is 25.5. The van der Waals surface area contributed by atoms with E-state index in [-0.39, 0.29) is 0 Å². The van der Waals surface area contributed by atoms with Crippen molar-refractivity contribution in [2.75, 3.05) is 0 Å². The fraction of sp³-hybridized carbons (Fsp3) is 0. The van der Waals surface area contributed by atoms with Crippen LogP contribution in [0.3, 0.4) is 0 Å². The van der Waals surface area contributed by atoms with Gasteiger partial charge < -0.3 is 4.57 Å². The van der Waals surface area contributed by atoms with E-state index in [1.54, 1.807) is 6.20 Å². The summed E-state index contributed by atoms with van der Waals surface area (Å²) >= 11 is 0. The van der Waals surface area contributed by atoms with Gasteiger partial charge in [0.1, 0.15) is 0 Å². The molecule has 0 bridgehead atoms. The third kappa shape index (κ3) is 3.49. The lowest BCUT2D eigenvalue weighted by molar-refractivity contribution is 0.592. The minimum atomic E-state index is -3.07. The van der Waals surface area contributed by atoms with Crippen LogP contribution in [0.2, 0.25) is 0 Å². The number of hydrogen-bond donors (Lipinski definition) is 0. The van der Waals surface area contributed by atoms with Crippen LogP contribution in [0.15, 0.2) is 146 Å². The Balaban J connectivity index is 1.45. The third-order valence-electron chi connectivity index (χ3n) is 7.40. The molecular weight excluding hydrogens is 481 g/mol. The van der Waals surface area contributed by atoms with Crippen LogP contribution in [0.5, 0.6) is 0 Å². The Hall–Kier alpha value is -4.52. The van der Waals surface area contributed by atoms with Gasteiger partial charge in [0.15, 0.2) is 7.14 Å². The van der Waals surface area contributed by atoms with Gasteiger partial charge in [-0.2, -0.15) is 0 Å². The van der Waals surface area contributed by atoms with Crippen molar-refractivity contribution in [2.24, 2.45) is 0 Å². The summed E-state index contributed by atoms with van der Waals surface area (Å²) in [5.74, 6) is 0. The van der Waals surface area contributed by atoms with Crippen LogP contribution in [-0.4, -0.2) is 4.98 Å². The second-order valence-corrected chi connectivity index (χ2v) is 12.3. The number of benzene rings is 6.